The van der Waals surface area contributed by atoms with Crippen molar-refractivity contribution >= 4 is 44.3 Å². The van der Waals surface area contributed by atoms with Crippen molar-refractivity contribution in [1.82, 2.24) is 9.97 Å². The molecule has 0 atom stereocenters. The summed E-state index contributed by atoms with van der Waals surface area (Å²) in [6, 6.07) is 8.17. The fraction of sp³-hybridized carbons (Fsp3) is 0.250. The summed E-state index contributed by atoms with van der Waals surface area (Å²) in [4.78, 5) is 11.5. The van der Waals surface area contributed by atoms with E-state index in [0.29, 0.717) is 0 Å². The first-order valence-corrected chi connectivity index (χ1v) is 8.67. The Hall–Kier alpha value is -1.92. The van der Waals surface area contributed by atoms with Crippen LogP contribution in [0.5, 0.6) is 0 Å². The second-order valence-corrected chi connectivity index (χ2v) is 7.55. The first-order chi connectivity index (χ1) is 10.5. The van der Waals surface area contributed by atoms with Gasteiger partial charge in [-0.1, -0.05) is 0 Å². The summed E-state index contributed by atoms with van der Waals surface area (Å²) in [6.45, 7) is 8.23. The number of anilines is 4. The van der Waals surface area contributed by atoms with Gasteiger partial charge in [0, 0.05) is 21.1 Å². The minimum Gasteiger partial charge on any atom is -0.332 e. The molecule has 0 fully saturated rings. The zero-order chi connectivity index (χ0) is 15.7. The Morgan fingerprint density at radius 1 is 0.682 bits per heavy atom. The lowest BCUT2D eigenvalue weighted by Gasteiger charge is -2.05. The van der Waals surface area contributed by atoms with Crippen LogP contribution in [0.4, 0.5) is 21.6 Å². The topological polar surface area (TPSA) is 49.8 Å². The van der Waals surface area contributed by atoms with Crippen molar-refractivity contribution in [2.45, 2.75) is 27.7 Å². The quantitative estimate of drug-likeness (QED) is 0.679. The van der Waals surface area contributed by atoms with Crippen molar-refractivity contribution in [3.05, 3.63) is 45.4 Å². The fourth-order valence-electron chi connectivity index (χ4n) is 1.94. The summed E-state index contributed by atoms with van der Waals surface area (Å²) in [5.41, 5.74) is 4.23. The number of aromatic nitrogens is 2. The third-order valence-electron chi connectivity index (χ3n) is 3.44. The number of hydrogen-bond donors (Lipinski definition) is 2. The number of aryl methyl sites for hydroxylation is 4. The van der Waals surface area contributed by atoms with Crippen LogP contribution in [0.3, 0.4) is 0 Å². The first-order valence-electron chi connectivity index (χ1n) is 7.03. The van der Waals surface area contributed by atoms with Crippen LogP contribution >= 0.6 is 22.7 Å². The van der Waals surface area contributed by atoms with E-state index in [4.69, 9.17) is 0 Å². The maximum Gasteiger partial charge on any atom is 0.187 e. The van der Waals surface area contributed by atoms with Crippen LogP contribution in [-0.2, 0) is 0 Å². The van der Waals surface area contributed by atoms with Gasteiger partial charge in [0.1, 0.15) is 0 Å². The SMILES string of the molecule is Cc1nc(Nc2ccc(Nc3nc(C)c(C)s3)cc2)sc1C. The number of benzene rings is 1. The Bertz CT molecular complexity index is 681. The molecule has 0 aliphatic heterocycles. The van der Waals surface area contributed by atoms with Crippen molar-refractivity contribution < 1.29 is 0 Å². The van der Waals surface area contributed by atoms with E-state index >= 15 is 0 Å². The largest absolute Gasteiger partial charge is 0.332 e. The minimum absolute atomic E-state index is 0.932. The molecule has 3 aromatic rings. The van der Waals surface area contributed by atoms with Gasteiger partial charge < -0.3 is 10.6 Å². The molecule has 0 amide bonds. The molecule has 2 heterocycles. The van der Waals surface area contributed by atoms with E-state index in [-0.39, 0.29) is 0 Å². The third-order valence-corrected chi connectivity index (χ3v) is 5.42. The summed E-state index contributed by atoms with van der Waals surface area (Å²) in [5.74, 6) is 0. The van der Waals surface area contributed by atoms with Gasteiger partial charge in [-0.25, -0.2) is 9.97 Å². The van der Waals surface area contributed by atoms with Crippen molar-refractivity contribution in [2.75, 3.05) is 10.6 Å². The van der Waals surface area contributed by atoms with E-state index in [1.165, 1.54) is 9.75 Å². The molecular weight excluding hydrogens is 312 g/mol. The van der Waals surface area contributed by atoms with Crippen molar-refractivity contribution in [3.63, 3.8) is 0 Å². The van der Waals surface area contributed by atoms with Crippen molar-refractivity contribution in [1.29, 1.82) is 0 Å². The van der Waals surface area contributed by atoms with E-state index in [1.807, 2.05) is 38.1 Å². The summed E-state index contributed by atoms with van der Waals surface area (Å²) in [7, 11) is 0. The zero-order valence-corrected chi connectivity index (χ0v) is 14.7. The highest BCUT2D eigenvalue weighted by molar-refractivity contribution is 7.16. The summed E-state index contributed by atoms with van der Waals surface area (Å²) >= 11 is 3.35. The summed E-state index contributed by atoms with van der Waals surface area (Å²) in [5, 5.41) is 8.54. The average Bonchev–Trinajstić information content (AvgIpc) is 2.95. The van der Waals surface area contributed by atoms with Gasteiger partial charge in [0.2, 0.25) is 0 Å². The van der Waals surface area contributed by atoms with Crippen LogP contribution in [0, 0.1) is 27.7 Å². The Labute approximate surface area is 138 Å². The van der Waals surface area contributed by atoms with E-state index in [2.05, 4.69) is 34.4 Å². The second-order valence-electron chi connectivity index (χ2n) is 5.15. The van der Waals surface area contributed by atoms with Crippen molar-refractivity contribution in [3.8, 4) is 0 Å². The molecule has 3 rings (SSSR count). The summed E-state index contributed by atoms with van der Waals surface area (Å²) in [6.07, 6.45) is 0. The van der Waals surface area contributed by atoms with Gasteiger partial charge in [-0.05, 0) is 52.0 Å². The molecule has 1 aromatic carbocycles. The van der Waals surface area contributed by atoms with Crippen molar-refractivity contribution in [2.24, 2.45) is 0 Å². The maximum absolute atomic E-state index is 4.49. The molecule has 0 aliphatic carbocycles. The molecule has 2 N–H and O–H groups in total. The Morgan fingerprint density at radius 3 is 1.32 bits per heavy atom. The van der Waals surface area contributed by atoms with E-state index in [1.54, 1.807) is 22.7 Å². The van der Waals surface area contributed by atoms with E-state index < -0.39 is 0 Å². The molecule has 6 heteroatoms. The lowest BCUT2D eigenvalue weighted by molar-refractivity contribution is 1.22. The van der Waals surface area contributed by atoms with Gasteiger partial charge in [0.25, 0.3) is 0 Å². The number of thiazole rings is 2. The van der Waals surface area contributed by atoms with Gasteiger partial charge in [-0.3, -0.25) is 0 Å². The molecule has 0 aliphatic rings. The molecule has 4 nitrogen and oxygen atoms in total. The average molecular weight is 330 g/mol. The monoisotopic (exact) mass is 330 g/mol. The lowest BCUT2D eigenvalue weighted by atomic mass is 10.3. The predicted octanol–water partition coefficient (Wildman–Crippen LogP) is 5.32. The smallest absolute Gasteiger partial charge is 0.187 e. The van der Waals surface area contributed by atoms with Gasteiger partial charge >= 0.3 is 0 Å². The molecule has 2 aromatic heterocycles. The van der Waals surface area contributed by atoms with Gasteiger partial charge in [-0.15, -0.1) is 22.7 Å². The second kappa shape index (κ2) is 6.06. The third kappa shape index (κ3) is 3.28. The van der Waals surface area contributed by atoms with Crippen LogP contribution in [0.2, 0.25) is 0 Å². The zero-order valence-electron chi connectivity index (χ0n) is 13.0. The van der Waals surface area contributed by atoms with E-state index in [0.717, 1.165) is 33.0 Å². The number of hydrogen-bond acceptors (Lipinski definition) is 6. The number of rotatable bonds is 4. The molecule has 0 spiro atoms. The molecule has 22 heavy (non-hydrogen) atoms. The first kappa shape index (κ1) is 15.0. The standard InChI is InChI=1S/C16H18N4S2/c1-9-11(3)21-15(17-9)19-13-5-7-14(8-6-13)20-16-18-10(2)12(4)22-16/h5-8H,1-4H3,(H,17,19)(H,18,20). The van der Waals surface area contributed by atoms with E-state index in [9.17, 15) is 0 Å². The molecule has 0 unspecified atom stereocenters. The predicted molar refractivity (Wildman–Crippen MR) is 96.2 cm³/mol. The number of nitrogens with one attached hydrogen (secondary N) is 2. The highest BCUT2D eigenvalue weighted by Gasteiger charge is 2.05. The van der Waals surface area contributed by atoms with Gasteiger partial charge in [0.15, 0.2) is 10.3 Å². The minimum atomic E-state index is 0.932. The fourth-order valence-corrected chi connectivity index (χ4v) is 3.61. The Kier molecular flexibility index (Phi) is 4.13. The molecule has 114 valence electrons. The normalized spacial score (nSPS) is 10.7. The maximum atomic E-state index is 4.49. The van der Waals surface area contributed by atoms with Crippen LogP contribution in [0.1, 0.15) is 21.1 Å². The van der Waals surface area contributed by atoms with Crippen LogP contribution in [-0.4, -0.2) is 9.97 Å². The highest BCUT2D eigenvalue weighted by Crippen LogP contribution is 2.28. The molecule has 0 saturated carbocycles. The summed E-state index contributed by atoms with van der Waals surface area (Å²) < 4.78 is 0. The highest BCUT2D eigenvalue weighted by atomic mass is 32.1. The van der Waals surface area contributed by atoms with Crippen LogP contribution in [0.25, 0.3) is 0 Å². The molecule has 0 radical (unpaired) electrons. The van der Waals surface area contributed by atoms with Gasteiger partial charge in [0.05, 0.1) is 11.4 Å². The number of nitrogens with zero attached hydrogens (tertiary/aromatic N) is 2. The van der Waals surface area contributed by atoms with Crippen LogP contribution < -0.4 is 10.6 Å². The molecule has 0 saturated heterocycles. The van der Waals surface area contributed by atoms with Crippen LogP contribution in [0.15, 0.2) is 24.3 Å². The lowest BCUT2D eigenvalue weighted by Crippen LogP contribution is -1.92. The Balaban J connectivity index is 1.69. The Morgan fingerprint density at radius 2 is 1.05 bits per heavy atom. The molecule has 0 bridgehead atoms. The molecular formula is C16H18N4S2. The van der Waals surface area contributed by atoms with Gasteiger partial charge in [-0.2, -0.15) is 0 Å².